The van der Waals surface area contributed by atoms with Gasteiger partial charge in [0.25, 0.3) is 0 Å². The van der Waals surface area contributed by atoms with Crippen LogP contribution >= 0.6 is 0 Å². The van der Waals surface area contributed by atoms with Crippen LogP contribution in [-0.4, -0.2) is 54.9 Å². The summed E-state index contributed by atoms with van der Waals surface area (Å²) in [5.74, 6) is -0.488. The highest BCUT2D eigenvalue weighted by Crippen LogP contribution is 2.33. The van der Waals surface area contributed by atoms with E-state index in [2.05, 4.69) is 5.32 Å². The Kier molecular flexibility index (Phi) is 4.86. The Hall–Kier alpha value is -1.30. The Morgan fingerprint density at radius 2 is 2.10 bits per heavy atom. The average molecular weight is 284 g/mol. The van der Waals surface area contributed by atoms with Crippen LogP contribution in [0.1, 0.15) is 26.2 Å². The van der Waals surface area contributed by atoms with Crippen molar-refractivity contribution in [3.8, 4) is 0 Å². The highest BCUT2D eigenvalue weighted by Gasteiger charge is 2.34. The van der Waals surface area contributed by atoms with E-state index in [0.29, 0.717) is 32.0 Å². The number of nitrogens with zero attached hydrogens (tertiary/aromatic N) is 1. The normalized spacial score (nSPS) is 28.0. The lowest BCUT2D eigenvalue weighted by molar-refractivity contribution is -0.143. The van der Waals surface area contributed by atoms with E-state index in [9.17, 15) is 9.59 Å². The molecule has 0 aromatic rings. The van der Waals surface area contributed by atoms with Crippen molar-refractivity contribution in [3.05, 3.63) is 0 Å². The Morgan fingerprint density at radius 1 is 1.40 bits per heavy atom. The monoisotopic (exact) mass is 284 g/mol. The number of carbonyl (C=O) groups excluding carboxylic acids is 1. The Labute approximate surface area is 119 Å². The van der Waals surface area contributed by atoms with Crippen molar-refractivity contribution in [2.75, 3.05) is 26.7 Å². The minimum Gasteiger partial charge on any atom is -0.481 e. The molecule has 1 heterocycles. The summed E-state index contributed by atoms with van der Waals surface area (Å²) >= 11 is 0. The number of piperidine rings is 1. The largest absolute Gasteiger partial charge is 0.481 e. The molecule has 1 saturated carbocycles. The van der Waals surface area contributed by atoms with Crippen LogP contribution in [0.15, 0.2) is 0 Å². The maximum atomic E-state index is 12.1. The molecule has 1 aliphatic carbocycles. The number of rotatable bonds is 5. The number of carbonyl (C=O) groups is 2. The van der Waals surface area contributed by atoms with E-state index in [1.54, 1.807) is 12.0 Å². The fourth-order valence-corrected chi connectivity index (χ4v) is 2.91. The van der Waals surface area contributed by atoms with Crippen molar-refractivity contribution < 1.29 is 19.4 Å². The van der Waals surface area contributed by atoms with E-state index in [-0.39, 0.29) is 18.1 Å². The summed E-state index contributed by atoms with van der Waals surface area (Å²) < 4.78 is 5.37. The first kappa shape index (κ1) is 15.1. The number of amides is 2. The summed E-state index contributed by atoms with van der Waals surface area (Å²) in [6.45, 7) is 3.41. The molecule has 0 bridgehead atoms. The zero-order valence-corrected chi connectivity index (χ0v) is 12.2. The van der Waals surface area contributed by atoms with Gasteiger partial charge in [0.05, 0.1) is 12.0 Å². The Morgan fingerprint density at radius 3 is 2.65 bits per heavy atom. The van der Waals surface area contributed by atoms with Crippen LogP contribution in [-0.2, 0) is 9.53 Å². The standard InChI is InChI=1S/C14H24N2O4/c1-9-5-11(13(17)18)8-16(7-9)14(19)15-6-12(20-2)10-3-4-10/h9-12H,3-8H2,1-2H3,(H,15,19)(H,17,18). The van der Waals surface area contributed by atoms with Crippen molar-refractivity contribution >= 4 is 12.0 Å². The highest BCUT2D eigenvalue weighted by molar-refractivity contribution is 5.76. The molecular weight excluding hydrogens is 260 g/mol. The van der Waals surface area contributed by atoms with Crippen LogP contribution in [0.3, 0.4) is 0 Å². The van der Waals surface area contributed by atoms with Gasteiger partial charge in [-0.2, -0.15) is 0 Å². The van der Waals surface area contributed by atoms with Crippen LogP contribution in [0.5, 0.6) is 0 Å². The summed E-state index contributed by atoms with van der Waals surface area (Å²) in [6.07, 6.45) is 3.05. The summed E-state index contributed by atoms with van der Waals surface area (Å²) in [6, 6.07) is -0.175. The molecule has 114 valence electrons. The Bertz CT molecular complexity index is 370. The van der Waals surface area contributed by atoms with Crippen LogP contribution in [0.25, 0.3) is 0 Å². The predicted molar refractivity (Wildman–Crippen MR) is 73.4 cm³/mol. The fraction of sp³-hybridized carbons (Fsp3) is 0.857. The number of methoxy groups -OCH3 is 1. The van der Waals surface area contributed by atoms with Crippen LogP contribution in [0, 0.1) is 17.8 Å². The lowest BCUT2D eigenvalue weighted by atomic mass is 9.91. The van der Waals surface area contributed by atoms with E-state index >= 15 is 0 Å². The average Bonchev–Trinajstić information content (AvgIpc) is 3.23. The van der Waals surface area contributed by atoms with Crippen molar-refractivity contribution in [2.24, 2.45) is 17.8 Å². The van der Waals surface area contributed by atoms with Gasteiger partial charge in [-0.15, -0.1) is 0 Å². The van der Waals surface area contributed by atoms with E-state index < -0.39 is 11.9 Å². The molecule has 2 amide bonds. The smallest absolute Gasteiger partial charge is 0.317 e. The summed E-state index contributed by atoms with van der Waals surface area (Å²) in [5, 5.41) is 12.0. The van der Waals surface area contributed by atoms with Crippen LogP contribution < -0.4 is 5.32 Å². The van der Waals surface area contributed by atoms with Crippen molar-refractivity contribution in [3.63, 3.8) is 0 Å². The molecule has 6 nitrogen and oxygen atoms in total. The molecule has 1 saturated heterocycles. The van der Waals surface area contributed by atoms with Crippen molar-refractivity contribution in [2.45, 2.75) is 32.3 Å². The topological polar surface area (TPSA) is 78.9 Å². The van der Waals surface area contributed by atoms with Gasteiger partial charge < -0.3 is 20.1 Å². The zero-order valence-electron chi connectivity index (χ0n) is 12.2. The lowest BCUT2D eigenvalue weighted by Crippen LogP contribution is -2.50. The molecule has 1 aliphatic heterocycles. The van der Waals surface area contributed by atoms with Gasteiger partial charge in [-0.25, -0.2) is 4.79 Å². The molecule has 20 heavy (non-hydrogen) atoms. The third-order valence-electron chi connectivity index (χ3n) is 4.20. The number of likely N-dealkylation sites (tertiary alicyclic amines) is 1. The molecular formula is C14H24N2O4. The second-order valence-electron chi connectivity index (χ2n) is 6.08. The first-order valence-electron chi connectivity index (χ1n) is 7.29. The molecule has 0 spiro atoms. The quantitative estimate of drug-likeness (QED) is 0.794. The summed E-state index contributed by atoms with van der Waals surface area (Å²) in [4.78, 5) is 24.9. The van der Waals surface area contributed by atoms with E-state index in [1.165, 1.54) is 0 Å². The summed E-state index contributed by atoms with van der Waals surface area (Å²) in [5.41, 5.74) is 0. The first-order valence-corrected chi connectivity index (χ1v) is 7.29. The van der Waals surface area contributed by atoms with E-state index in [0.717, 1.165) is 12.8 Å². The number of hydrogen-bond donors (Lipinski definition) is 2. The number of nitrogens with one attached hydrogen (secondary N) is 1. The Balaban J connectivity index is 1.82. The third-order valence-corrected chi connectivity index (χ3v) is 4.20. The van der Waals surface area contributed by atoms with Gasteiger partial charge in [0.15, 0.2) is 0 Å². The number of hydrogen-bond acceptors (Lipinski definition) is 3. The van der Waals surface area contributed by atoms with Gasteiger partial charge in [0, 0.05) is 26.7 Å². The van der Waals surface area contributed by atoms with Crippen LogP contribution in [0.2, 0.25) is 0 Å². The zero-order chi connectivity index (χ0) is 14.7. The molecule has 0 aromatic carbocycles. The number of ether oxygens (including phenoxy) is 1. The molecule has 2 aliphatic rings. The first-order chi connectivity index (χ1) is 9.51. The minimum atomic E-state index is -0.818. The molecule has 2 N–H and O–H groups in total. The summed E-state index contributed by atoms with van der Waals surface area (Å²) in [7, 11) is 1.67. The maximum absolute atomic E-state index is 12.1. The van der Waals surface area contributed by atoms with Gasteiger partial charge in [0.1, 0.15) is 0 Å². The molecule has 2 fully saturated rings. The molecule has 0 radical (unpaired) electrons. The molecule has 0 aromatic heterocycles. The molecule has 2 rings (SSSR count). The van der Waals surface area contributed by atoms with Crippen molar-refractivity contribution in [1.82, 2.24) is 10.2 Å². The second-order valence-corrected chi connectivity index (χ2v) is 6.08. The van der Waals surface area contributed by atoms with Crippen molar-refractivity contribution in [1.29, 1.82) is 0 Å². The van der Waals surface area contributed by atoms with E-state index in [4.69, 9.17) is 9.84 Å². The molecule has 3 atom stereocenters. The third kappa shape index (κ3) is 3.85. The minimum absolute atomic E-state index is 0.0800. The number of carboxylic acids is 1. The van der Waals surface area contributed by atoms with Gasteiger partial charge in [-0.1, -0.05) is 6.92 Å². The molecule has 6 heteroatoms. The maximum Gasteiger partial charge on any atom is 0.317 e. The van der Waals surface area contributed by atoms with E-state index in [1.807, 2.05) is 6.92 Å². The number of urea groups is 1. The van der Waals surface area contributed by atoms with Crippen LogP contribution in [0.4, 0.5) is 4.79 Å². The van der Waals surface area contributed by atoms with Gasteiger partial charge in [-0.3, -0.25) is 4.79 Å². The highest BCUT2D eigenvalue weighted by atomic mass is 16.5. The number of aliphatic carboxylic acids is 1. The van der Waals surface area contributed by atoms with Gasteiger partial charge >= 0.3 is 12.0 Å². The SMILES string of the molecule is COC(CNC(=O)N1CC(C)CC(C(=O)O)C1)C1CC1. The fourth-order valence-electron chi connectivity index (χ4n) is 2.91. The predicted octanol–water partition coefficient (Wildman–Crippen LogP) is 1.16. The van der Waals surface area contributed by atoms with Gasteiger partial charge in [-0.05, 0) is 31.1 Å². The number of carboxylic acid groups (broad SMARTS) is 1. The van der Waals surface area contributed by atoms with Gasteiger partial charge in [0.2, 0.25) is 0 Å². The second kappa shape index (κ2) is 6.43. The lowest BCUT2D eigenvalue weighted by Gasteiger charge is -2.34. The molecule has 3 unspecified atom stereocenters.